The first-order valence-electron chi connectivity index (χ1n) is 7.31. The molecule has 1 atom stereocenters. The molecule has 3 rings (SSSR count). The molecule has 0 radical (unpaired) electrons. The Kier molecular flexibility index (Phi) is 3.83. The van der Waals surface area contributed by atoms with E-state index < -0.39 is 0 Å². The number of nitrogens with zero attached hydrogens (tertiary/aromatic N) is 2. The van der Waals surface area contributed by atoms with Gasteiger partial charge in [-0.3, -0.25) is 0 Å². The third kappa shape index (κ3) is 3.07. The molecule has 2 heterocycles. The van der Waals surface area contributed by atoms with Crippen molar-refractivity contribution in [3.63, 3.8) is 0 Å². The van der Waals surface area contributed by atoms with Crippen LogP contribution in [0, 0.1) is 13.8 Å². The molecule has 0 aliphatic carbocycles. The Morgan fingerprint density at radius 2 is 2.20 bits per heavy atom. The predicted molar refractivity (Wildman–Crippen MR) is 77.7 cm³/mol. The van der Waals surface area contributed by atoms with Crippen molar-refractivity contribution in [1.29, 1.82) is 0 Å². The third-order valence-electron chi connectivity index (χ3n) is 4.03. The van der Waals surface area contributed by atoms with E-state index in [1.165, 1.54) is 29.5 Å². The van der Waals surface area contributed by atoms with Crippen molar-refractivity contribution in [2.45, 2.75) is 45.6 Å². The molecule has 106 valence electrons. The van der Waals surface area contributed by atoms with Crippen LogP contribution in [0.1, 0.15) is 41.2 Å². The zero-order chi connectivity index (χ0) is 13.9. The summed E-state index contributed by atoms with van der Waals surface area (Å²) in [5.74, 6) is 1.53. The highest BCUT2D eigenvalue weighted by molar-refractivity contribution is 5.31. The van der Waals surface area contributed by atoms with Gasteiger partial charge in [0.2, 0.25) is 5.89 Å². The van der Waals surface area contributed by atoms with Crippen LogP contribution in [0.3, 0.4) is 0 Å². The highest BCUT2D eigenvalue weighted by Gasteiger charge is 2.18. The number of hydrogen-bond donors (Lipinski definition) is 1. The summed E-state index contributed by atoms with van der Waals surface area (Å²) in [6.07, 6.45) is 4.03. The fourth-order valence-electron chi connectivity index (χ4n) is 2.68. The van der Waals surface area contributed by atoms with Crippen LogP contribution in [0.25, 0.3) is 0 Å². The molecule has 0 amide bonds. The Balaban J connectivity index is 1.65. The molecule has 1 unspecified atom stereocenters. The van der Waals surface area contributed by atoms with Gasteiger partial charge < -0.3 is 9.84 Å². The van der Waals surface area contributed by atoms with Crippen LogP contribution in [-0.2, 0) is 12.8 Å². The molecule has 0 spiro atoms. The Bertz CT molecular complexity index is 585. The van der Waals surface area contributed by atoms with E-state index in [-0.39, 0.29) is 0 Å². The molecule has 2 aromatic rings. The maximum absolute atomic E-state index is 5.35. The Hall–Kier alpha value is -1.68. The first-order chi connectivity index (χ1) is 9.70. The van der Waals surface area contributed by atoms with Gasteiger partial charge in [-0.15, -0.1) is 0 Å². The molecule has 1 N–H and O–H groups in total. The lowest BCUT2D eigenvalue weighted by molar-refractivity contribution is 0.360. The fourth-order valence-corrected chi connectivity index (χ4v) is 2.68. The van der Waals surface area contributed by atoms with Crippen LogP contribution in [0.2, 0.25) is 0 Å². The largest absolute Gasteiger partial charge is 0.339 e. The van der Waals surface area contributed by atoms with Crippen molar-refractivity contribution in [2.24, 2.45) is 0 Å². The van der Waals surface area contributed by atoms with Gasteiger partial charge in [0.1, 0.15) is 0 Å². The van der Waals surface area contributed by atoms with Crippen LogP contribution in [-0.4, -0.2) is 22.7 Å². The Morgan fingerprint density at radius 1 is 1.30 bits per heavy atom. The van der Waals surface area contributed by atoms with E-state index in [0.29, 0.717) is 6.04 Å². The van der Waals surface area contributed by atoms with Crippen LogP contribution >= 0.6 is 0 Å². The second-order valence-corrected chi connectivity index (χ2v) is 5.70. The average Bonchev–Trinajstić information content (AvgIpc) is 3.07. The first kappa shape index (κ1) is 13.3. The minimum Gasteiger partial charge on any atom is -0.339 e. The van der Waals surface area contributed by atoms with Crippen LogP contribution in [0.15, 0.2) is 22.7 Å². The molecular weight excluding hydrogens is 250 g/mol. The van der Waals surface area contributed by atoms with Gasteiger partial charge in [-0.2, -0.15) is 4.98 Å². The zero-order valence-corrected chi connectivity index (χ0v) is 12.1. The molecular formula is C16H21N3O. The lowest BCUT2D eigenvalue weighted by atomic mass is 10.0. The number of nitrogens with one attached hydrogen (secondary N) is 1. The van der Waals surface area contributed by atoms with Gasteiger partial charge in [-0.1, -0.05) is 23.4 Å². The summed E-state index contributed by atoms with van der Waals surface area (Å²) in [4.78, 5) is 4.50. The second kappa shape index (κ2) is 5.75. The van der Waals surface area contributed by atoms with Gasteiger partial charge in [0.25, 0.3) is 0 Å². The molecule has 4 heteroatoms. The lowest BCUT2D eigenvalue weighted by Crippen LogP contribution is -2.23. The SMILES string of the molecule is Cc1ccc(Cc2noc(CC3CCCN3)n2)cc1C. The Morgan fingerprint density at radius 3 is 2.95 bits per heavy atom. The van der Waals surface area contributed by atoms with Crippen LogP contribution < -0.4 is 5.32 Å². The van der Waals surface area contributed by atoms with Gasteiger partial charge in [0.15, 0.2) is 5.82 Å². The second-order valence-electron chi connectivity index (χ2n) is 5.70. The summed E-state index contributed by atoms with van der Waals surface area (Å²) in [6, 6.07) is 6.99. The normalized spacial score (nSPS) is 18.6. The predicted octanol–water partition coefficient (Wildman–Crippen LogP) is 2.57. The molecule has 1 fully saturated rings. The van der Waals surface area contributed by atoms with Crippen LogP contribution in [0.5, 0.6) is 0 Å². The summed E-state index contributed by atoms with van der Waals surface area (Å²) in [6.45, 7) is 5.36. The summed E-state index contributed by atoms with van der Waals surface area (Å²) < 4.78 is 5.35. The van der Waals surface area contributed by atoms with Crippen molar-refractivity contribution in [1.82, 2.24) is 15.5 Å². The van der Waals surface area contributed by atoms with Crippen molar-refractivity contribution in [2.75, 3.05) is 6.54 Å². The summed E-state index contributed by atoms with van der Waals surface area (Å²) in [5.41, 5.74) is 3.86. The van der Waals surface area contributed by atoms with E-state index in [9.17, 15) is 0 Å². The summed E-state index contributed by atoms with van der Waals surface area (Å²) in [7, 11) is 0. The number of aromatic nitrogens is 2. The van der Waals surface area contributed by atoms with E-state index >= 15 is 0 Å². The van der Waals surface area contributed by atoms with E-state index in [1.54, 1.807) is 0 Å². The molecule has 0 saturated carbocycles. The van der Waals surface area contributed by atoms with Crippen molar-refractivity contribution in [3.05, 3.63) is 46.6 Å². The molecule has 0 bridgehead atoms. The maximum Gasteiger partial charge on any atom is 0.228 e. The Labute approximate surface area is 119 Å². The van der Waals surface area contributed by atoms with E-state index in [2.05, 4.69) is 47.5 Å². The smallest absolute Gasteiger partial charge is 0.228 e. The van der Waals surface area contributed by atoms with Crippen molar-refractivity contribution >= 4 is 0 Å². The summed E-state index contributed by atoms with van der Waals surface area (Å²) >= 11 is 0. The number of hydrogen-bond acceptors (Lipinski definition) is 4. The van der Waals surface area contributed by atoms with Crippen molar-refractivity contribution < 1.29 is 4.52 Å². The van der Waals surface area contributed by atoms with Gasteiger partial charge in [0.05, 0.1) is 0 Å². The topological polar surface area (TPSA) is 51.0 Å². The highest BCUT2D eigenvalue weighted by Crippen LogP contribution is 2.14. The van der Waals surface area contributed by atoms with Gasteiger partial charge in [0, 0.05) is 18.9 Å². The van der Waals surface area contributed by atoms with E-state index in [1.807, 2.05) is 0 Å². The van der Waals surface area contributed by atoms with Crippen LogP contribution in [0.4, 0.5) is 0 Å². The zero-order valence-electron chi connectivity index (χ0n) is 12.1. The number of benzene rings is 1. The molecule has 1 aliphatic heterocycles. The maximum atomic E-state index is 5.35. The van der Waals surface area contributed by atoms with Gasteiger partial charge in [-0.25, -0.2) is 0 Å². The number of rotatable bonds is 4. The highest BCUT2D eigenvalue weighted by atomic mass is 16.5. The van der Waals surface area contributed by atoms with Gasteiger partial charge in [-0.05, 0) is 49.9 Å². The lowest BCUT2D eigenvalue weighted by Gasteiger charge is -2.04. The first-order valence-corrected chi connectivity index (χ1v) is 7.31. The minimum absolute atomic E-state index is 0.505. The quantitative estimate of drug-likeness (QED) is 0.928. The average molecular weight is 271 g/mol. The molecule has 1 aromatic heterocycles. The monoisotopic (exact) mass is 271 g/mol. The molecule has 4 nitrogen and oxygen atoms in total. The van der Waals surface area contributed by atoms with Gasteiger partial charge >= 0.3 is 0 Å². The fraction of sp³-hybridized carbons (Fsp3) is 0.500. The molecule has 1 saturated heterocycles. The molecule has 1 aliphatic rings. The van der Waals surface area contributed by atoms with E-state index in [0.717, 1.165) is 31.1 Å². The standard InChI is InChI=1S/C16H21N3O/c1-11-5-6-13(8-12(11)2)9-15-18-16(20-19-15)10-14-4-3-7-17-14/h5-6,8,14,17H,3-4,7,9-10H2,1-2H3. The molecule has 1 aromatic carbocycles. The van der Waals surface area contributed by atoms with Crippen molar-refractivity contribution in [3.8, 4) is 0 Å². The third-order valence-corrected chi connectivity index (χ3v) is 4.03. The molecule has 20 heavy (non-hydrogen) atoms. The van der Waals surface area contributed by atoms with E-state index in [4.69, 9.17) is 4.52 Å². The number of aryl methyl sites for hydroxylation is 2. The minimum atomic E-state index is 0.505. The summed E-state index contributed by atoms with van der Waals surface area (Å²) in [5, 5.41) is 7.54.